The fourth-order valence-electron chi connectivity index (χ4n) is 3.81. The summed E-state index contributed by atoms with van der Waals surface area (Å²) in [6.45, 7) is 1.92. The number of carbonyl (C=O) groups is 3. The average molecular weight is 436 g/mol. The minimum absolute atomic E-state index is 0.101. The third kappa shape index (κ3) is 4.39. The van der Waals surface area contributed by atoms with Crippen molar-refractivity contribution in [2.24, 2.45) is 5.92 Å². The number of amides is 3. The molecule has 0 saturated carbocycles. The number of nitrogens with zero attached hydrogens (tertiary/aromatic N) is 1. The lowest BCUT2D eigenvalue weighted by Crippen LogP contribution is -2.38. The van der Waals surface area contributed by atoms with E-state index in [0.717, 1.165) is 22.0 Å². The van der Waals surface area contributed by atoms with E-state index >= 15 is 0 Å². The molecule has 1 saturated heterocycles. The van der Waals surface area contributed by atoms with E-state index in [2.05, 4.69) is 10.6 Å². The molecular weight excluding hydrogens is 414 g/mol. The summed E-state index contributed by atoms with van der Waals surface area (Å²) in [4.78, 5) is 39.2. The molecule has 4 rings (SSSR count). The quantitative estimate of drug-likeness (QED) is 0.637. The average Bonchev–Trinajstić information content (AvgIpc) is 3.16. The lowest BCUT2D eigenvalue weighted by molar-refractivity contribution is -0.127. The van der Waals surface area contributed by atoms with Crippen molar-refractivity contribution in [3.05, 3.63) is 71.2 Å². The predicted molar refractivity (Wildman–Crippen MR) is 122 cm³/mol. The number of benzene rings is 3. The fraction of sp³-hybridized carbons (Fsp3) is 0.208. The van der Waals surface area contributed by atoms with Gasteiger partial charge < -0.3 is 15.5 Å². The number of halogens is 1. The van der Waals surface area contributed by atoms with E-state index in [9.17, 15) is 14.4 Å². The molecule has 158 valence electrons. The second kappa shape index (κ2) is 8.78. The van der Waals surface area contributed by atoms with Gasteiger partial charge in [0.2, 0.25) is 17.7 Å². The van der Waals surface area contributed by atoms with Gasteiger partial charge in [-0.15, -0.1) is 0 Å². The molecule has 0 bridgehead atoms. The van der Waals surface area contributed by atoms with Crippen LogP contribution in [0.2, 0.25) is 5.02 Å². The Labute approximate surface area is 185 Å². The SMILES string of the molecule is Cc1c(Cl)cccc1NC(=O)CNC(=O)C1CC(=O)N(c2cccc3ccccc23)C1. The van der Waals surface area contributed by atoms with E-state index < -0.39 is 5.92 Å². The zero-order valence-electron chi connectivity index (χ0n) is 17.0. The zero-order chi connectivity index (χ0) is 22.0. The largest absolute Gasteiger partial charge is 0.347 e. The molecule has 3 amide bonds. The molecular formula is C24H22ClN3O3. The van der Waals surface area contributed by atoms with Gasteiger partial charge in [-0.1, -0.05) is 54.1 Å². The number of rotatable bonds is 5. The van der Waals surface area contributed by atoms with Crippen LogP contribution in [0.5, 0.6) is 0 Å². The molecule has 6 nitrogen and oxygen atoms in total. The number of carbonyl (C=O) groups excluding carboxylic acids is 3. The van der Waals surface area contributed by atoms with E-state index in [0.29, 0.717) is 10.7 Å². The van der Waals surface area contributed by atoms with Gasteiger partial charge in [-0.3, -0.25) is 14.4 Å². The first-order valence-electron chi connectivity index (χ1n) is 10.0. The van der Waals surface area contributed by atoms with E-state index in [-0.39, 0.29) is 37.2 Å². The van der Waals surface area contributed by atoms with Crippen LogP contribution in [0.15, 0.2) is 60.7 Å². The molecule has 1 fully saturated rings. The predicted octanol–water partition coefficient (Wildman–Crippen LogP) is 3.91. The maximum atomic E-state index is 12.6. The first-order chi connectivity index (χ1) is 14.9. The molecule has 0 aliphatic carbocycles. The number of hydrogen-bond acceptors (Lipinski definition) is 3. The molecule has 3 aromatic carbocycles. The molecule has 1 unspecified atom stereocenters. The molecule has 0 radical (unpaired) electrons. The Morgan fingerprint density at radius 3 is 2.65 bits per heavy atom. The van der Waals surface area contributed by atoms with Crippen molar-refractivity contribution < 1.29 is 14.4 Å². The summed E-state index contributed by atoms with van der Waals surface area (Å²) in [6, 6.07) is 18.9. The lowest BCUT2D eigenvalue weighted by Gasteiger charge is -2.19. The highest BCUT2D eigenvalue weighted by atomic mass is 35.5. The number of nitrogens with one attached hydrogen (secondary N) is 2. The van der Waals surface area contributed by atoms with Gasteiger partial charge in [-0.2, -0.15) is 0 Å². The van der Waals surface area contributed by atoms with Crippen LogP contribution in [-0.4, -0.2) is 30.8 Å². The Kier molecular flexibility index (Phi) is 5.91. The third-order valence-corrected chi connectivity index (χ3v) is 5.93. The third-order valence-electron chi connectivity index (χ3n) is 5.52. The van der Waals surface area contributed by atoms with Gasteiger partial charge in [-0.05, 0) is 36.1 Å². The summed E-state index contributed by atoms with van der Waals surface area (Å²) in [5, 5.41) is 7.95. The van der Waals surface area contributed by atoms with Gasteiger partial charge in [0.05, 0.1) is 18.2 Å². The molecule has 0 aromatic heterocycles. The van der Waals surface area contributed by atoms with Gasteiger partial charge in [0.15, 0.2) is 0 Å². The van der Waals surface area contributed by atoms with E-state index in [4.69, 9.17) is 11.6 Å². The van der Waals surface area contributed by atoms with Crippen LogP contribution < -0.4 is 15.5 Å². The van der Waals surface area contributed by atoms with E-state index in [1.807, 2.05) is 49.4 Å². The maximum Gasteiger partial charge on any atom is 0.243 e. The Hall–Kier alpha value is -3.38. The standard InChI is InChI=1S/C24H22ClN3O3/c1-15-19(25)9-5-10-20(15)27-22(29)13-26-24(31)17-12-23(30)28(14-17)21-11-4-7-16-6-2-3-8-18(16)21/h2-11,17H,12-14H2,1H3,(H,26,31)(H,27,29). The van der Waals surface area contributed by atoms with Crippen LogP contribution in [0.3, 0.4) is 0 Å². The number of anilines is 2. The number of hydrogen-bond donors (Lipinski definition) is 2. The van der Waals surface area contributed by atoms with Gasteiger partial charge in [0, 0.05) is 29.1 Å². The second-order valence-corrected chi connectivity index (χ2v) is 7.99. The van der Waals surface area contributed by atoms with Gasteiger partial charge >= 0.3 is 0 Å². The number of fused-ring (bicyclic) bond motifs is 1. The van der Waals surface area contributed by atoms with Crippen LogP contribution in [0.4, 0.5) is 11.4 Å². The van der Waals surface area contributed by atoms with Gasteiger partial charge in [-0.25, -0.2) is 0 Å². The lowest BCUT2D eigenvalue weighted by atomic mass is 10.1. The van der Waals surface area contributed by atoms with Crippen LogP contribution in [0, 0.1) is 12.8 Å². The minimum atomic E-state index is -0.507. The molecule has 1 heterocycles. The van der Waals surface area contributed by atoms with Crippen molar-refractivity contribution in [1.82, 2.24) is 5.32 Å². The summed E-state index contributed by atoms with van der Waals surface area (Å²) in [5.74, 6) is -1.27. The Morgan fingerprint density at radius 1 is 1.06 bits per heavy atom. The minimum Gasteiger partial charge on any atom is -0.347 e. The van der Waals surface area contributed by atoms with Crippen molar-refractivity contribution in [3.63, 3.8) is 0 Å². The first-order valence-corrected chi connectivity index (χ1v) is 10.4. The summed E-state index contributed by atoms with van der Waals surface area (Å²) < 4.78 is 0. The Morgan fingerprint density at radius 2 is 1.81 bits per heavy atom. The maximum absolute atomic E-state index is 12.6. The van der Waals surface area contributed by atoms with Crippen molar-refractivity contribution in [2.45, 2.75) is 13.3 Å². The highest BCUT2D eigenvalue weighted by Gasteiger charge is 2.35. The van der Waals surface area contributed by atoms with Crippen LogP contribution in [-0.2, 0) is 14.4 Å². The van der Waals surface area contributed by atoms with Crippen LogP contribution in [0.25, 0.3) is 10.8 Å². The van der Waals surface area contributed by atoms with Crippen molar-refractivity contribution in [3.8, 4) is 0 Å². The Balaban J connectivity index is 1.38. The first kappa shape index (κ1) is 20.9. The monoisotopic (exact) mass is 435 g/mol. The molecule has 2 N–H and O–H groups in total. The Bertz CT molecular complexity index is 1170. The summed E-state index contributed by atoms with van der Waals surface area (Å²) in [7, 11) is 0. The van der Waals surface area contributed by atoms with Crippen LogP contribution in [0.1, 0.15) is 12.0 Å². The molecule has 3 aromatic rings. The summed E-state index contributed by atoms with van der Waals surface area (Å²) >= 11 is 6.07. The van der Waals surface area contributed by atoms with E-state index in [1.165, 1.54) is 0 Å². The van der Waals surface area contributed by atoms with Crippen molar-refractivity contribution in [1.29, 1.82) is 0 Å². The smallest absolute Gasteiger partial charge is 0.243 e. The van der Waals surface area contributed by atoms with Gasteiger partial charge in [0.1, 0.15) is 0 Å². The topological polar surface area (TPSA) is 78.5 Å². The molecule has 7 heteroatoms. The molecule has 0 spiro atoms. The van der Waals surface area contributed by atoms with Gasteiger partial charge in [0.25, 0.3) is 0 Å². The van der Waals surface area contributed by atoms with Crippen molar-refractivity contribution in [2.75, 3.05) is 23.3 Å². The van der Waals surface area contributed by atoms with E-state index in [1.54, 1.807) is 23.1 Å². The normalized spacial score (nSPS) is 15.9. The molecule has 31 heavy (non-hydrogen) atoms. The summed E-state index contributed by atoms with van der Waals surface area (Å²) in [5.41, 5.74) is 2.16. The molecule has 1 aliphatic heterocycles. The highest BCUT2D eigenvalue weighted by Crippen LogP contribution is 2.31. The fourth-order valence-corrected chi connectivity index (χ4v) is 3.98. The molecule has 1 aliphatic rings. The van der Waals surface area contributed by atoms with Crippen molar-refractivity contribution >= 4 is 51.5 Å². The second-order valence-electron chi connectivity index (χ2n) is 7.58. The molecule has 1 atom stereocenters. The van der Waals surface area contributed by atoms with Crippen LogP contribution >= 0.6 is 11.6 Å². The highest BCUT2D eigenvalue weighted by molar-refractivity contribution is 6.31. The summed E-state index contributed by atoms with van der Waals surface area (Å²) in [6.07, 6.45) is 0.115. The zero-order valence-corrected chi connectivity index (χ0v) is 17.8.